The third-order valence-electron chi connectivity index (χ3n) is 4.79. The standard InChI is InChI=1S/C15H26N4O5S2/c1-2-24-15(21)17-5-7-18(8-6-17)26(22,23)19-11-25-10-13(19)14(20)16-9-12-3-4-12/h12-13H,2-11H2,1H3,(H,16,20). The summed E-state index contributed by atoms with van der Waals surface area (Å²) < 4.78 is 33.6. The number of piperazine rings is 1. The van der Waals surface area contributed by atoms with Gasteiger partial charge in [-0.3, -0.25) is 4.79 Å². The number of rotatable bonds is 6. The van der Waals surface area contributed by atoms with Crippen LogP contribution in [0.2, 0.25) is 0 Å². The second-order valence-corrected chi connectivity index (χ2v) is 9.56. The fourth-order valence-electron chi connectivity index (χ4n) is 3.01. The lowest BCUT2D eigenvalue weighted by Gasteiger charge is -2.36. The Kier molecular flexibility index (Phi) is 6.31. The summed E-state index contributed by atoms with van der Waals surface area (Å²) in [6.07, 6.45) is 1.84. The predicted molar refractivity (Wildman–Crippen MR) is 97.8 cm³/mol. The highest BCUT2D eigenvalue weighted by Crippen LogP contribution is 2.29. The summed E-state index contributed by atoms with van der Waals surface area (Å²) in [6, 6.07) is -0.660. The van der Waals surface area contributed by atoms with Crippen molar-refractivity contribution in [2.45, 2.75) is 25.8 Å². The summed E-state index contributed by atoms with van der Waals surface area (Å²) in [5.74, 6) is 1.09. The van der Waals surface area contributed by atoms with E-state index in [9.17, 15) is 18.0 Å². The molecule has 26 heavy (non-hydrogen) atoms. The van der Waals surface area contributed by atoms with Gasteiger partial charge in [-0.1, -0.05) is 0 Å². The number of hydrogen-bond acceptors (Lipinski definition) is 6. The van der Waals surface area contributed by atoms with Crippen molar-refractivity contribution in [3.63, 3.8) is 0 Å². The van der Waals surface area contributed by atoms with Gasteiger partial charge in [0, 0.05) is 38.5 Å². The van der Waals surface area contributed by atoms with Gasteiger partial charge in [0.2, 0.25) is 5.91 Å². The predicted octanol–water partition coefficient (Wildman–Crippen LogP) is -0.0936. The molecule has 0 bridgehead atoms. The number of amides is 2. The van der Waals surface area contributed by atoms with Crippen LogP contribution in [0.4, 0.5) is 4.79 Å². The maximum atomic E-state index is 13.0. The molecular weight excluding hydrogens is 380 g/mol. The third-order valence-corrected chi connectivity index (χ3v) is 7.96. The summed E-state index contributed by atoms with van der Waals surface area (Å²) >= 11 is 1.45. The summed E-state index contributed by atoms with van der Waals surface area (Å²) in [7, 11) is -3.73. The normalized spacial score (nSPS) is 25.3. The van der Waals surface area contributed by atoms with Crippen molar-refractivity contribution in [2.24, 2.45) is 5.92 Å². The Labute approximate surface area is 158 Å². The maximum absolute atomic E-state index is 13.0. The van der Waals surface area contributed by atoms with Gasteiger partial charge in [-0.05, 0) is 25.7 Å². The lowest BCUT2D eigenvalue weighted by molar-refractivity contribution is -0.123. The molecule has 9 nitrogen and oxygen atoms in total. The fourth-order valence-corrected chi connectivity index (χ4v) is 6.29. The Morgan fingerprint density at radius 2 is 1.88 bits per heavy atom. The van der Waals surface area contributed by atoms with Crippen LogP contribution in [0.3, 0.4) is 0 Å². The fraction of sp³-hybridized carbons (Fsp3) is 0.867. The number of nitrogens with zero attached hydrogens (tertiary/aromatic N) is 3. The molecule has 148 valence electrons. The molecule has 0 aromatic carbocycles. The van der Waals surface area contributed by atoms with E-state index in [4.69, 9.17) is 4.74 Å². The third kappa shape index (κ3) is 4.44. The van der Waals surface area contributed by atoms with E-state index in [1.54, 1.807) is 6.92 Å². The first-order chi connectivity index (χ1) is 12.4. The van der Waals surface area contributed by atoms with Gasteiger partial charge in [-0.2, -0.15) is 17.0 Å². The summed E-state index contributed by atoms with van der Waals surface area (Å²) in [4.78, 5) is 25.7. The molecule has 0 aromatic rings. The van der Waals surface area contributed by atoms with Crippen LogP contribution in [0, 0.1) is 5.92 Å². The van der Waals surface area contributed by atoms with E-state index >= 15 is 0 Å². The number of carbonyl (C=O) groups excluding carboxylic acids is 2. The molecule has 2 heterocycles. The number of ether oxygens (including phenoxy) is 1. The number of thioether (sulfide) groups is 1. The number of hydrogen-bond donors (Lipinski definition) is 1. The maximum Gasteiger partial charge on any atom is 0.409 e. The smallest absolute Gasteiger partial charge is 0.409 e. The van der Waals surface area contributed by atoms with Crippen molar-refractivity contribution in [1.82, 2.24) is 18.8 Å². The Morgan fingerprint density at radius 3 is 2.50 bits per heavy atom. The van der Waals surface area contributed by atoms with E-state index in [2.05, 4.69) is 5.32 Å². The van der Waals surface area contributed by atoms with Crippen molar-refractivity contribution >= 4 is 34.0 Å². The first-order valence-corrected chi connectivity index (χ1v) is 11.5. The van der Waals surface area contributed by atoms with E-state index < -0.39 is 22.3 Å². The SMILES string of the molecule is CCOC(=O)N1CCN(S(=O)(=O)N2CSCC2C(=O)NCC2CC2)CC1. The molecule has 2 saturated heterocycles. The van der Waals surface area contributed by atoms with Gasteiger partial charge in [0.1, 0.15) is 6.04 Å². The van der Waals surface area contributed by atoms with Crippen molar-refractivity contribution in [1.29, 1.82) is 0 Å². The van der Waals surface area contributed by atoms with Gasteiger partial charge in [-0.15, -0.1) is 11.8 Å². The molecule has 1 saturated carbocycles. The molecule has 2 aliphatic heterocycles. The van der Waals surface area contributed by atoms with Gasteiger partial charge in [-0.25, -0.2) is 4.79 Å². The van der Waals surface area contributed by atoms with Gasteiger partial charge < -0.3 is 15.0 Å². The highest BCUT2D eigenvalue weighted by molar-refractivity contribution is 8.00. The molecule has 3 fully saturated rings. The minimum atomic E-state index is -3.73. The van der Waals surface area contributed by atoms with Crippen LogP contribution >= 0.6 is 11.8 Å². The van der Waals surface area contributed by atoms with Crippen LogP contribution in [0.15, 0.2) is 0 Å². The summed E-state index contributed by atoms with van der Waals surface area (Å²) in [5, 5.41) is 2.88. The zero-order valence-electron chi connectivity index (χ0n) is 14.9. The minimum Gasteiger partial charge on any atom is -0.450 e. The number of carbonyl (C=O) groups is 2. The van der Waals surface area contributed by atoms with Crippen molar-refractivity contribution < 1.29 is 22.7 Å². The van der Waals surface area contributed by atoms with Gasteiger partial charge in [0.05, 0.1) is 12.5 Å². The second-order valence-electron chi connectivity index (χ2n) is 6.68. The average Bonchev–Trinajstić information content (AvgIpc) is 3.32. The van der Waals surface area contributed by atoms with Crippen molar-refractivity contribution in [3.05, 3.63) is 0 Å². The molecule has 1 atom stereocenters. The van der Waals surface area contributed by atoms with Crippen LogP contribution in [-0.2, 0) is 19.7 Å². The highest BCUT2D eigenvalue weighted by atomic mass is 32.2. The highest BCUT2D eigenvalue weighted by Gasteiger charge is 2.43. The molecule has 0 radical (unpaired) electrons. The summed E-state index contributed by atoms with van der Waals surface area (Å²) in [6.45, 7) is 3.65. The first-order valence-electron chi connectivity index (χ1n) is 8.97. The van der Waals surface area contributed by atoms with E-state index in [0.717, 1.165) is 12.8 Å². The van der Waals surface area contributed by atoms with Gasteiger partial charge >= 0.3 is 6.09 Å². The average molecular weight is 407 g/mol. The molecule has 0 aromatic heterocycles. The Hall–Kier alpha value is -1.04. The summed E-state index contributed by atoms with van der Waals surface area (Å²) in [5.41, 5.74) is 0. The second kappa shape index (κ2) is 8.32. The first kappa shape index (κ1) is 19.7. The van der Waals surface area contributed by atoms with E-state index in [1.165, 1.54) is 25.3 Å². The molecular formula is C15H26N4O5S2. The van der Waals surface area contributed by atoms with Gasteiger partial charge in [0.15, 0.2) is 0 Å². The number of nitrogens with one attached hydrogen (secondary N) is 1. The molecule has 1 unspecified atom stereocenters. The molecule has 3 rings (SSSR count). The van der Waals surface area contributed by atoms with Crippen LogP contribution in [0.1, 0.15) is 19.8 Å². The molecule has 3 aliphatic rings. The van der Waals surface area contributed by atoms with Crippen LogP contribution in [0.25, 0.3) is 0 Å². The van der Waals surface area contributed by atoms with Crippen LogP contribution < -0.4 is 5.32 Å². The van der Waals surface area contributed by atoms with Crippen LogP contribution in [-0.4, -0.2) is 90.9 Å². The van der Waals surface area contributed by atoms with Gasteiger partial charge in [0.25, 0.3) is 10.2 Å². The molecule has 1 N–H and O–H groups in total. The lowest BCUT2D eigenvalue weighted by Crippen LogP contribution is -2.57. The molecule has 1 aliphatic carbocycles. The van der Waals surface area contributed by atoms with Crippen molar-refractivity contribution in [3.8, 4) is 0 Å². The van der Waals surface area contributed by atoms with E-state index in [0.29, 0.717) is 24.8 Å². The van der Waals surface area contributed by atoms with E-state index in [1.807, 2.05) is 0 Å². The largest absolute Gasteiger partial charge is 0.450 e. The Morgan fingerprint density at radius 1 is 1.19 bits per heavy atom. The zero-order chi connectivity index (χ0) is 18.7. The molecule has 11 heteroatoms. The zero-order valence-corrected chi connectivity index (χ0v) is 16.6. The quantitative estimate of drug-likeness (QED) is 0.662. The Bertz CT molecular complexity index is 632. The lowest BCUT2D eigenvalue weighted by atomic mass is 10.3. The minimum absolute atomic E-state index is 0.207. The molecule has 2 amide bonds. The van der Waals surface area contributed by atoms with Crippen molar-refractivity contribution in [2.75, 3.05) is 51.0 Å². The van der Waals surface area contributed by atoms with E-state index in [-0.39, 0.29) is 38.0 Å². The Balaban J connectivity index is 1.58. The monoisotopic (exact) mass is 406 g/mol. The van der Waals surface area contributed by atoms with Crippen LogP contribution in [0.5, 0.6) is 0 Å². The topological polar surface area (TPSA) is 99.3 Å². The molecule has 0 spiro atoms.